The number of carbonyl (C=O) groups is 1. The van der Waals surface area contributed by atoms with E-state index in [9.17, 15) is 10.1 Å². The highest BCUT2D eigenvalue weighted by atomic mass is 16.5. The van der Waals surface area contributed by atoms with Gasteiger partial charge < -0.3 is 19.1 Å². The van der Waals surface area contributed by atoms with Crippen LogP contribution in [0.1, 0.15) is 22.0 Å². The second kappa shape index (κ2) is 9.30. The van der Waals surface area contributed by atoms with Gasteiger partial charge in [-0.25, -0.2) is 0 Å². The third-order valence-electron chi connectivity index (χ3n) is 5.14. The van der Waals surface area contributed by atoms with Crippen LogP contribution in [-0.4, -0.2) is 63.2 Å². The van der Waals surface area contributed by atoms with Crippen molar-refractivity contribution in [3.63, 3.8) is 0 Å². The van der Waals surface area contributed by atoms with Crippen LogP contribution < -0.4 is 14.2 Å². The van der Waals surface area contributed by atoms with Crippen LogP contribution >= 0.6 is 0 Å². The number of nitrogens with zero attached hydrogens (tertiary/aromatic N) is 3. The van der Waals surface area contributed by atoms with Crippen LogP contribution in [0.3, 0.4) is 0 Å². The fraction of sp³-hybridized carbons (Fsp3) is 0.364. The van der Waals surface area contributed by atoms with E-state index in [0.29, 0.717) is 49.0 Å². The molecular formula is C22H25N3O4. The van der Waals surface area contributed by atoms with Gasteiger partial charge in [0.05, 0.1) is 33.0 Å². The molecule has 1 aliphatic rings. The summed E-state index contributed by atoms with van der Waals surface area (Å²) in [6, 6.07) is 15.1. The molecule has 1 saturated heterocycles. The highest BCUT2D eigenvalue weighted by molar-refractivity contribution is 5.98. The smallest absolute Gasteiger partial charge is 0.257 e. The molecule has 0 radical (unpaired) electrons. The number of amides is 1. The Morgan fingerprint density at radius 1 is 0.931 bits per heavy atom. The molecule has 2 aromatic carbocycles. The first-order valence-electron chi connectivity index (χ1n) is 9.40. The lowest BCUT2D eigenvalue weighted by molar-refractivity contribution is 0.0603. The van der Waals surface area contributed by atoms with Crippen LogP contribution in [0.5, 0.6) is 17.2 Å². The van der Waals surface area contributed by atoms with Crippen LogP contribution in [0.15, 0.2) is 42.5 Å². The van der Waals surface area contributed by atoms with Gasteiger partial charge in [-0.1, -0.05) is 30.3 Å². The van der Waals surface area contributed by atoms with E-state index < -0.39 is 0 Å². The van der Waals surface area contributed by atoms with Gasteiger partial charge in [-0.15, -0.1) is 0 Å². The Bertz CT molecular complexity index is 887. The minimum atomic E-state index is -0.316. The zero-order valence-corrected chi connectivity index (χ0v) is 16.9. The average Bonchev–Trinajstić information content (AvgIpc) is 2.79. The van der Waals surface area contributed by atoms with Crippen LogP contribution in [0.25, 0.3) is 0 Å². The second-order valence-electron chi connectivity index (χ2n) is 6.68. The van der Waals surface area contributed by atoms with Gasteiger partial charge in [0, 0.05) is 38.3 Å². The molecule has 152 valence electrons. The SMILES string of the molecule is COc1cc(OC)c(C(=O)N2CCN([C@H](C#N)c3ccccc3)CC2)cc1OC. The van der Waals surface area contributed by atoms with Gasteiger partial charge in [-0.2, -0.15) is 5.26 Å². The molecule has 1 atom stereocenters. The summed E-state index contributed by atoms with van der Waals surface area (Å²) in [6.07, 6.45) is 0. The topological polar surface area (TPSA) is 75.0 Å². The summed E-state index contributed by atoms with van der Waals surface area (Å²) in [5.74, 6) is 1.29. The minimum absolute atomic E-state index is 0.129. The molecule has 7 nitrogen and oxygen atoms in total. The average molecular weight is 395 g/mol. The minimum Gasteiger partial charge on any atom is -0.496 e. The Kier molecular flexibility index (Phi) is 6.57. The largest absolute Gasteiger partial charge is 0.496 e. The molecule has 0 saturated carbocycles. The van der Waals surface area contributed by atoms with Crippen molar-refractivity contribution in [1.82, 2.24) is 9.80 Å². The van der Waals surface area contributed by atoms with Crippen molar-refractivity contribution in [2.24, 2.45) is 0 Å². The first-order chi connectivity index (χ1) is 14.1. The molecule has 1 amide bonds. The molecular weight excluding hydrogens is 370 g/mol. The van der Waals surface area contributed by atoms with E-state index >= 15 is 0 Å². The van der Waals surface area contributed by atoms with Crippen LogP contribution in [0, 0.1) is 11.3 Å². The summed E-state index contributed by atoms with van der Waals surface area (Å²) in [5, 5.41) is 9.65. The van der Waals surface area contributed by atoms with E-state index in [2.05, 4.69) is 11.0 Å². The van der Waals surface area contributed by atoms with E-state index in [1.165, 1.54) is 21.3 Å². The van der Waals surface area contributed by atoms with Gasteiger partial charge in [0.25, 0.3) is 5.91 Å². The maximum atomic E-state index is 13.1. The Balaban J connectivity index is 1.74. The van der Waals surface area contributed by atoms with Crippen molar-refractivity contribution in [2.75, 3.05) is 47.5 Å². The zero-order chi connectivity index (χ0) is 20.8. The van der Waals surface area contributed by atoms with Crippen LogP contribution in [0.4, 0.5) is 0 Å². The number of benzene rings is 2. The molecule has 29 heavy (non-hydrogen) atoms. The van der Waals surface area contributed by atoms with E-state index in [-0.39, 0.29) is 11.9 Å². The van der Waals surface area contributed by atoms with Crippen molar-refractivity contribution in [2.45, 2.75) is 6.04 Å². The van der Waals surface area contributed by atoms with Crippen LogP contribution in [0.2, 0.25) is 0 Å². The lowest BCUT2D eigenvalue weighted by Gasteiger charge is -2.37. The van der Waals surface area contributed by atoms with Gasteiger partial charge in [0.1, 0.15) is 11.8 Å². The predicted octanol–water partition coefficient (Wildman–Crippen LogP) is 2.74. The summed E-state index contributed by atoms with van der Waals surface area (Å²) in [6.45, 7) is 2.30. The maximum absolute atomic E-state index is 13.1. The summed E-state index contributed by atoms with van der Waals surface area (Å²) < 4.78 is 16.0. The maximum Gasteiger partial charge on any atom is 0.257 e. The first-order valence-corrected chi connectivity index (χ1v) is 9.40. The summed E-state index contributed by atoms with van der Waals surface area (Å²) >= 11 is 0. The van der Waals surface area contributed by atoms with Crippen molar-refractivity contribution in [3.05, 3.63) is 53.6 Å². The molecule has 0 bridgehead atoms. The van der Waals surface area contributed by atoms with E-state index in [4.69, 9.17) is 14.2 Å². The quantitative estimate of drug-likeness (QED) is 0.749. The molecule has 2 aromatic rings. The Morgan fingerprint density at radius 2 is 1.52 bits per heavy atom. The van der Waals surface area contributed by atoms with Crippen molar-refractivity contribution >= 4 is 5.91 Å². The normalized spacial score (nSPS) is 15.3. The molecule has 0 aromatic heterocycles. The summed E-state index contributed by atoms with van der Waals surface area (Å²) in [4.78, 5) is 17.0. The van der Waals surface area contributed by atoms with E-state index in [1.807, 2.05) is 30.3 Å². The highest BCUT2D eigenvalue weighted by Gasteiger charge is 2.29. The van der Waals surface area contributed by atoms with Gasteiger partial charge in [0.2, 0.25) is 0 Å². The molecule has 0 aliphatic carbocycles. The highest BCUT2D eigenvalue weighted by Crippen LogP contribution is 2.35. The lowest BCUT2D eigenvalue weighted by atomic mass is 10.1. The van der Waals surface area contributed by atoms with Gasteiger partial charge in [0.15, 0.2) is 11.5 Å². The lowest BCUT2D eigenvalue weighted by Crippen LogP contribution is -2.49. The zero-order valence-electron chi connectivity index (χ0n) is 16.9. The second-order valence-corrected chi connectivity index (χ2v) is 6.68. The number of piperazine rings is 1. The molecule has 7 heteroatoms. The number of nitriles is 1. The molecule has 3 rings (SSSR count). The fourth-order valence-electron chi connectivity index (χ4n) is 3.55. The molecule has 1 aliphatic heterocycles. The number of rotatable bonds is 6. The standard InChI is InChI=1S/C22H25N3O4/c1-27-19-14-21(29-3)20(28-2)13-17(19)22(26)25-11-9-24(10-12-25)18(15-23)16-7-5-4-6-8-16/h4-8,13-14,18H,9-12H2,1-3H3/t18-/m1/s1. The summed E-state index contributed by atoms with van der Waals surface area (Å²) in [5.41, 5.74) is 1.40. The van der Waals surface area contributed by atoms with Crippen molar-refractivity contribution in [3.8, 4) is 23.3 Å². The summed E-state index contributed by atoms with van der Waals surface area (Å²) in [7, 11) is 4.59. The Morgan fingerprint density at radius 3 is 2.07 bits per heavy atom. The van der Waals surface area contributed by atoms with Crippen molar-refractivity contribution in [1.29, 1.82) is 5.26 Å². The molecule has 1 fully saturated rings. The molecule has 1 heterocycles. The third kappa shape index (κ3) is 4.28. The molecule has 0 unspecified atom stereocenters. The number of carbonyl (C=O) groups excluding carboxylic acids is 1. The van der Waals surface area contributed by atoms with Gasteiger partial charge in [-0.3, -0.25) is 9.69 Å². The first kappa shape index (κ1) is 20.5. The molecule has 0 spiro atoms. The fourth-order valence-corrected chi connectivity index (χ4v) is 3.55. The van der Waals surface area contributed by atoms with Gasteiger partial charge >= 0.3 is 0 Å². The Hall–Kier alpha value is -3.24. The molecule has 0 N–H and O–H groups in total. The predicted molar refractivity (Wildman–Crippen MR) is 108 cm³/mol. The monoisotopic (exact) mass is 395 g/mol. The number of ether oxygens (including phenoxy) is 3. The van der Waals surface area contributed by atoms with E-state index in [1.54, 1.807) is 17.0 Å². The van der Waals surface area contributed by atoms with Crippen LogP contribution in [-0.2, 0) is 0 Å². The van der Waals surface area contributed by atoms with Crippen molar-refractivity contribution < 1.29 is 19.0 Å². The number of hydrogen-bond donors (Lipinski definition) is 0. The number of methoxy groups -OCH3 is 3. The Labute approximate surface area is 171 Å². The number of hydrogen-bond acceptors (Lipinski definition) is 6. The van der Waals surface area contributed by atoms with E-state index in [0.717, 1.165) is 5.56 Å². The van der Waals surface area contributed by atoms with Gasteiger partial charge in [-0.05, 0) is 5.56 Å². The third-order valence-corrected chi connectivity index (χ3v) is 5.14.